The van der Waals surface area contributed by atoms with Crippen molar-refractivity contribution >= 4 is 0 Å². The molecule has 1 atom stereocenters. The Morgan fingerprint density at radius 1 is 1.21 bits per heavy atom. The number of benzene rings is 1. The largest absolute Gasteiger partial charge is 0.316 e. The summed E-state index contributed by atoms with van der Waals surface area (Å²) in [5.41, 5.74) is 3.16. The minimum atomic E-state index is 0.840. The molecule has 0 aromatic heterocycles. The van der Waals surface area contributed by atoms with Crippen molar-refractivity contribution in [1.82, 2.24) is 10.2 Å². The molecule has 1 aliphatic carbocycles. The predicted molar refractivity (Wildman–Crippen MR) is 80.3 cm³/mol. The topological polar surface area (TPSA) is 15.3 Å². The number of hydrogen-bond donors (Lipinski definition) is 1. The van der Waals surface area contributed by atoms with Crippen molar-refractivity contribution in [3.05, 3.63) is 35.4 Å². The molecule has 1 unspecified atom stereocenters. The van der Waals surface area contributed by atoms with Gasteiger partial charge in [-0.25, -0.2) is 0 Å². The van der Waals surface area contributed by atoms with Crippen LogP contribution in [0.15, 0.2) is 24.3 Å². The van der Waals surface area contributed by atoms with Crippen LogP contribution in [-0.4, -0.2) is 31.6 Å². The first-order chi connectivity index (χ1) is 9.33. The second-order valence-corrected chi connectivity index (χ2v) is 6.38. The summed E-state index contributed by atoms with van der Waals surface area (Å²) < 4.78 is 0. The molecule has 0 radical (unpaired) electrons. The molecule has 2 aliphatic rings. The van der Waals surface area contributed by atoms with Gasteiger partial charge in [-0.05, 0) is 68.8 Å². The fourth-order valence-corrected chi connectivity index (χ4v) is 3.35. The Kier molecular flexibility index (Phi) is 4.19. The molecule has 19 heavy (non-hydrogen) atoms. The van der Waals surface area contributed by atoms with E-state index in [4.69, 9.17) is 0 Å². The molecular weight excluding hydrogens is 232 g/mol. The molecule has 104 valence electrons. The summed E-state index contributed by atoms with van der Waals surface area (Å²) in [5.74, 6) is 1.70. The molecule has 1 saturated carbocycles. The van der Waals surface area contributed by atoms with Crippen LogP contribution >= 0.6 is 0 Å². The van der Waals surface area contributed by atoms with E-state index in [2.05, 4.69) is 41.5 Å². The molecule has 0 bridgehead atoms. The molecular formula is C17H26N2. The lowest BCUT2D eigenvalue weighted by Gasteiger charge is -2.28. The number of nitrogens with zero attached hydrogens (tertiary/aromatic N) is 1. The highest BCUT2D eigenvalue weighted by Gasteiger charge is 2.26. The van der Waals surface area contributed by atoms with Gasteiger partial charge in [0.15, 0.2) is 0 Å². The van der Waals surface area contributed by atoms with Crippen molar-refractivity contribution < 1.29 is 0 Å². The van der Waals surface area contributed by atoms with Gasteiger partial charge in [0.05, 0.1) is 0 Å². The highest BCUT2D eigenvalue weighted by Crippen LogP contribution is 2.41. The lowest BCUT2D eigenvalue weighted by Crippen LogP contribution is -2.36. The van der Waals surface area contributed by atoms with Gasteiger partial charge in [-0.1, -0.05) is 24.3 Å². The van der Waals surface area contributed by atoms with Crippen LogP contribution in [0.1, 0.15) is 42.7 Å². The smallest absolute Gasteiger partial charge is 0.0233 e. The number of piperidine rings is 1. The van der Waals surface area contributed by atoms with Crippen molar-refractivity contribution in [2.45, 2.75) is 38.1 Å². The molecule has 1 aromatic carbocycles. The number of hydrogen-bond acceptors (Lipinski definition) is 2. The van der Waals surface area contributed by atoms with Gasteiger partial charge >= 0.3 is 0 Å². The normalized spacial score (nSPS) is 23.8. The molecule has 2 nitrogen and oxygen atoms in total. The van der Waals surface area contributed by atoms with Gasteiger partial charge in [0.25, 0.3) is 0 Å². The van der Waals surface area contributed by atoms with E-state index < -0.39 is 0 Å². The third-order valence-electron chi connectivity index (χ3n) is 4.48. The zero-order chi connectivity index (χ0) is 13.1. The zero-order valence-electron chi connectivity index (χ0n) is 12.1. The Labute approximate surface area is 117 Å². The van der Waals surface area contributed by atoms with Crippen LogP contribution in [0.5, 0.6) is 0 Å². The summed E-state index contributed by atoms with van der Waals surface area (Å²) >= 11 is 0. The van der Waals surface area contributed by atoms with Crippen LogP contribution in [-0.2, 0) is 6.54 Å². The molecule has 1 aromatic rings. The maximum Gasteiger partial charge on any atom is 0.0233 e. The summed E-state index contributed by atoms with van der Waals surface area (Å²) in [7, 11) is 2.28. The average Bonchev–Trinajstić information content (AvgIpc) is 3.25. The molecule has 1 N–H and O–H groups in total. The molecule has 1 aliphatic heterocycles. The van der Waals surface area contributed by atoms with Gasteiger partial charge in [0, 0.05) is 13.1 Å². The Balaban J connectivity index is 1.57. The number of rotatable bonds is 5. The van der Waals surface area contributed by atoms with Gasteiger partial charge in [-0.15, -0.1) is 0 Å². The van der Waals surface area contributed by atoms with Crippen molar-refractivity contribution in [2.75, 3.05) is 26.7 Å². The fraction of sp³-hybridized carbons (Fsp3) is 0.647. The van der Waals surface area contributed by atoms with Crippen LogP contribution in [0.4, 0.5) is 0 Å². The lowest BCUT2D eigenvalue weighted by atomic mass is 9.98. The van der Waals surface area contributed by atoms with Gasteiger partial charge < -0.3 is 10.2 Å². The molecule has 3 rings (SSSR count). The van der Waals surface area contributed by atoms with Crippen molar-refractivity contribution in [3.8, 4) is 0 Å². The maximum atomic E-state index is 3.52. The average molecular weight is 258 g/mol. The van der Waals surface area contributed by atoms with E-state index >= 15 is 0 Å². The Morgan fingerprint density at radius 2 is 2.05 bits per heavy atom. The molecule has 2 fully saturated rings. The van der Waals surface area contributed by atoms with Gasteiger partial charge in [0.2, 0.25) is 0 Å². The van der Waals surface area contributed by atoms with E-state index in [9.17, 15) is 0 Å². The summed E-state index contributed by atoms with van der Waals surface area (Å²) in [5, 5.41) is 3.52. The second kappa shape index (κ2) is 6.06. The molecule has 1 heterocycles. The van der Waals surface area contributed by atoms with Crippen LogP contribution in [0.2, 0.25) is 0 Å². The van der Waals surface area contributed by atoms with E-state index in [0.29, 0.717) is 0 Å². The van der Waals surface area contributed by atoms with Crippen LogP contribution < -0.4 is 5.32 Å². The molecule has 0 amide bonds. The van der Waals surface area contributed by atoms with Crippen LogP contribution in [0.25, 0.3) is 0 Å². The van der Waals surface area contributed by atoms with Crippen LogP contribution in [0.3, 0.4) is 0 Å². The van der Waals surface area contributed by atoms with E-state index in [0.717, 1.165) is 18.4 Å². The third kappa shape index (κ3) is 3.58. The molecule has 2 heteroatoms. The first-order valence-corrected chi connectivity index (χ1v) is 7.80. The number of nitrogens with one attached hydrogen (secondary N) is 1. The summed E-state index contributed by atoms with van der Waals surface area (Å²) in [6.45, 7) is 4.76. The van der Waals surface area contributed by atoms with Gasteiger partial charge in [0.1, 0.15) is 0 Å². The minimum Gasteiger partial charge on any atom is -0.316 e. The highest BCUT2D eigenvalue weighted by atomic mass is 15.1. The SMILES string of the molecule is CN(Cc1ccccc1C1CC1)CC1CCCNC1. The fourth-order valence-electron chi connectivity index (χ4n) is 3.35. The minimum absolute atomic E-state index is 0.840. The van der Waals surface area contributed by atoms with Crippen molar-refractivity contribution in [1.29, 1.82) is 0 Å². The summed E-state index contributed by atoms with van der Waals surface area (Å²) in [4.78, 5) is 2.51. The van der Waals surface area contributed by atoms with Gasteiger partial charge in [-0.2, -0.15) is 0 Å². The van der Waals surface area contributed by atoms with E-state index in [1.54, 1.807) is 11.1 Å². The Morgan fingerprint density at radius 3 is 2.79 bits per heavy atom. The van der Waals surface area contributed by atoms with Crippen molar-refractivity contribution in [3.63, 3.8) is 0 Å². The zero-order valence-corrected chi connectivity index (χ0v) is 12.1. The molecule has 1 saturated heterocycles. The summed E-state index contributed by atoms with van der Waals surface area (Å²) in [6.07, 6.45) is 5.53. The highest BCUT2D eigenvalue weighted by molar-refractivity contribution is 5.33. The summed E-state index contributed by atoms with van der Waals surface area (Å²) in [6, 6.07) is 9.05. The van der Waals surface area contributed by atoms with E-state index in [-0.39, 0.29) is 0 Å². The van der Waals surface area contributed by atoms with Crippen LogP contribution in [0, 0.1) is 5.92 Å². The monoisotopic (exact) mass is 258 g/mol. The van der Waals surface area contributed by atoms with E-state index in [1.807, 2.05) is 0 Å². The van der Waals surface area contributed by atoms with Gasteiger partial charge in [-0.3, -0.25) is 0 Å². The molecule has 0 spiro atoms. The standard InChI is InChI=1S/C17H26N2/c1-19(12-14-5-4-10-18-11-14)13-16-6-2-3-7-17(16)15-8-9-15/h2-3,6-7,14-15,18H,4-5,8-13H2,1H3. The maximum absolute atomic E-state index is 3.52. The van der Waals surface area contributed by atoms with E-state index in [1.165, 1.54) is 45.3 Å². The second-order valence-electron chi connectivity index (χ2n) is 6.38. The lowest BCUT2D eigenvalue weighted by molar-refractivity contribution is 0.237. The quantitative estimate of drug-likeness (QED) is 0.873. The first-order valence-electron chi connectivity index (χ1n) is 7.80. The van der Waals surface area contributed by atoms with Crippen molar-refractivity contribution in [2.24, 2.45) is 5.92 Å². The predicted octanol–water partition coefficient (Wildman–Crippen LogP) is 3.00. The Bertz CT molecular complexity index is 405. The third-order valence-corrected chi connectivity index (χ3v) is 4.48. The first kappa shape index (κ1) is 13.1. The Hall–Kier alpha value is -0.860.